The Morgan fingerprint density at radius 2 is 1.93 bits per heavy atom. The van der Waals surface area contributed by atoms with Crippen molar-refractivity contribution in [3.05, 3.63) is 10.4 Å². The number of aromatic nitrogens is 2. The van der Waals surface area contributed by atoms with Crippen molar-refractivity contribution in [2.75, 3.05) is 23.7 Å². The molecule has 2 aromatic heterocycles. The molecular formula is C16H20F3N5O2S. The van der Waals surface area contributed by atoms with Crippen LogP contribution in [0.2, 0.25) is 0 Å². The Kier molecular flexibility index (Phi) is 5.43. The topological polar surface area (TPSA) is 118 Å². The molecule has 0 spiro atoms. The lowest BCUT2D eigenvalue weighted by Gasteiger charge is -2.17. The van der Waals surface area contributed by atoms with Crippen molar-refractivity contribution in [2.45, 2.75) is 44.3 Å². The monoisotopic (exact) mass is 403 g/mol. The summed E-state index contributed by atoms with van der Waals surface area (Å²) in [5, 5.41) is 7.12. The maximum Gasteiger partial charge on any atom is 0.490 e. The number of hydrogen-bond donors (Lipinski definition) is 3. The Labute approximate surface area is 157 Å². The third-order valence-corrected chi connectivity index (χ3v) is 5.84. The number of aliphatic carboxylic acids is 1. The van der Waals surface area contributed by atoms with E-state index in [4.69, 9.17) is 21.4 Å². The molecule has 1 aliphatic heterocycles. The first-order valence-electron chi connectivity index (χ1n) is 8.55. The van der Waals surface area contributed by atoms with Crippen molar-refractivity contribution in [1.82, 2.24) is 9.97 Å². The summed E-state index contributed by atoms with van der Waals surface area (Å²) in [5.74, 6) is -1.37. The highest BCUT2D eigenvalue weighted by molar-refractivity contribution is 7.19. The Balaban J connectivity index is 0.000000260. The van der Waals surface area contributed by atoms with Gasteiger partial charge < -0.3 is 21.5 Å². The molecule has 7 nitrogen and oxygen atoms in total. The van der Waals surface area contributed by atoms with Crippen molar-refractivity contribution in [2.24, 2.45) is 5.73 Å². The van der Waals surface area contributed by atoms with E-state index < -0.39 is 12.1 Å². The summed E-state index contributed by atoms with van der Waals surface area (Å²) in [4.78, 5) is 21.7. The highest BCUT2D eigenvalue weighted by atomic mass is 32.1. The van der Waals surface area contributed by atoms with Crippen molar-refractivity contribution in [1.29, 1.82) is 0 Å². The zero-order valence-corrected chi connectivity index (χ0v) is 15.2. The van der Waals surface area contributed by atoms with E-state index in [1.807, 2.05) is 11.3 Å². The van der Waals surface area contributed by atoms with Gasteiger partial charge in [0.25, 0.3) is 0 Å². The van der Waals surface area contributed by atoms with Gasteiger partial charge in [0, 0.05) is 24.0 Å². The first-order valence-corrected chi connectivity index (χ1v) is 9.37. The fourth-order valence-electron chi connectivity index (χ4n) is 3.31. The maximum absolute atomic E-state index is 10.6. The van der Waals surface area contributed by atoms with E-state index in [1.54, 1.807) is 0 Å². The van der Waals surface area contributed by atoms with Crippen LogP contribution in [0, 0.1) is 0 Å². The van der Waals surface area contributed by atoms with Gasteiger partial charge in [-0.2, -0.15) is 18.2 Å². The maximum atomic E-state index is 10.6. The average molecular weight is 403 g/mol. The molecule has 1 fully saturated rings. The highest BCUT2D eigenvalue weighted by Gasteiger charge is 2.38. The van der Waals surface area contributed by atoms with Crippen LogP contribution in [-0.4, -0.2) is 46.4 Å². The molecule has 0 bridgehead atoms. The second kappa shape index (κ2) is 7.47. The number of nitrogens with zero attached hydrogens (tertiary/aromatic N) is 3. The minimum atomic E-state index is -5.08. The normalized spacial score (nSPS) is 19.6. The number of thiophene rings is 1. The van der Waals surface area contributed by atoms with E-state index in [2.05, 4.69) is 14.9 Å². The van der Waals surface area contributed by atoms with Crippen LogP contribution in [-0.2, 0) is 17.6 Å². The van der Waals surface area contributed by atoms with Gasteiger partial charge in [-0.05, 0) is 37.7 Å². The van der Waals surface area contributed by atoms with Gasteiger partial charge in [0.05, 0.1) is 10.2 Å². The second-order valence-electron chi connectivity index (χ2n) is 6.59. The van der Waals surface area contributed by atoms with Gasteiger partial charge in [-0.3, -0.25) is 0 Å². The van der Waals surface area contributed by atoms with Gasteiger partial charge in [-0.25, -0.2) is 9.78 Å². The highest BCUT2D eigenvalue weighted by Crippen LogP contribution is 2.40. The molecule has 0 aromatic carbocycles. The zero-order chi connectivity index (χ0) is 19.8. The summed E-state index contributed by atoms with van der Waals surface area (Å²) in [6.45, 7) is 1.84. The van der Waals surface area contributed by atoms with Gasteiger partial charge in [-0.15, -0.1) is 11.3 Å². The summed E-state index contributed by atoms with van der Waals surface area (Å²) in [6, 6.07) is 0.246. The van der Waals surface area contributed by atoms with Crippen LogP contribution >= 0.6 is 11.3 Å². The standard InChI is InChI=1S/C14H19N5S.C2HF3O2/c15-8-5-6-19(7-8)13-12-11(17-14(16)18-13)9-3-1-2-4-10(9)20-12;3-2(4,5)1(6)7/h8H,1-7,15H2,(H2,16,17,18);(H,6,7)/t8-;/m1./s1. The van der Waals surface area contributed by atoms with Crippen molar-refractivity contribution in [3.8, 4) is 0 Å². The van der Waals surface area contributed by atoms with E-state index >= 15 is 0 Å². The van der Waals surface area contributed by atoms with Crippen molar-refractivity contribution >= 4 is 39.3 Å². The summed E-state index contributed by atoms with van der Waals surface area (Å²) >= 11 is 1.86. The summed E-state index contributed by atoms with van der Waals surface area (Å²) in [5.41, 5.74) is 14.5. The number of halogens is 3. The largest absolute Gasteiger partial charge is 0.490 e. The number of carbonyl (C=O) groups is 1. The lowest BCUT2D eigenvalue weighted by Crippen LogP contribution is -2.27. The number of anilines is 2. The number of carboxylic acids is 1. The lowest BCUT2D eigenvalue weighted by atomic mass is 9.98. The SMILES string of the molecule is Nc1nc(N2CC[C@@H](N)C2)c2sc3c(c2n1)CCCC3.O=C(O)C(F)(F)F. The Morgan fingerprint density at radius 1 is 1.26 bits per heavy atom. The molecule has 1 saturated heterocycles. The number of fused-ring (bicyclic) bond motifs is 3. The van der Waals surface area contributed by atoms with Crippen molar-refractivity contribution < 1.29 is 23.1 Å². The number of nitrogens with two attached hydrogens (primary N) is 2. The molecule has 0 unspecified atom stereocenters. The molecule has 5 N–H and O–H groups in total. The second-order valence-corrected chi connectivity index (χ2v) is 7.70. The fraction of sp³-hybridized carbons (Fsp3) is 0.562. The van der Waals surface area contributed by atoms with Gasteiger partial charge in [-0.1, -0.05) is 0 Å². The van der Waals surface area contributed by atoms with E-state index in [0.717, 1.165) is 37.3 Å². The molecule has 2 aromatic rings. The molecule has 2 aliphatic rings. The number of carboxylic acid groups (broad SMARTS) is 1. The molecule has 148 valence electrons. The van der Waals surface area contributed by atoms with Crippen LogP contribution in [0.25, 0.3) is 10.2 Å². The number of aryl methyl sites for hydroxylation is 2. The van der Waals surface area contributed by atoms with Gasteiger partial charge in [0.2, 0.25) is 5.95 Å². The lowest BCUT2D eigenvalue weighted by molar-refractivity contribution is -0.192. The van der Waals surface area contributed by atoms with Crippen LogP contribution < -0.4 is 16.4 Å². The number of rotatable bonds is 1. The number of hydrogen-bond acceptors (Lipinski definition) is 7. The van der Waals surface area contributed by atoms with Crippen LogP contribution in [0.3, 0.4) is 0 Å². The Hall–Kier alpha value is -2.14. The van der Waals surface area contributed by atoms with E-state index in [-0.39, 0.29) is 6.04 Å². The predicted molar refractivity (Wildman–Crippen MR) is 97.0 cm³/mol. The number of alkyl halides is 3. The van der Waals surface area contributed by atoms with Crippen LogP contribution in [0.5, 0.6) is 0 Å². The Bertz CT molecular complexity index is 855. The van der Waals surface area contributed by atoms with Crippen LogP contribution in [0.1, 0.15) is 29.7 Å². The molecule has 3 heterocycles. The summed E-state index contributed by atoms with van der Waals surface area (Å²) in [6.07, 6.45) is 0.787. The Morgan fingerprint density at radius 3 is 2.52 bits per heavy atom. The van der Waals surface area contributed by atoms with Crippen LogP contribution in [0.15, 0.2) is 0 Å². The smallest absolute Gasteiger partial charge is 0.475 e. The van der Waals surface area contributed by atoms with E-state index in [1.165, 1.54) is 34.4 Å². The minimum absolute atomic E-state index is 0.246. The minimum Gasteiger partial charge on any atom is -0.475 e. The molecule has 1 atom stereocenters. The van der Waals surface area contributed by atoms with Crippen molar-refractivity contribution in [3.63, 3.8) is 0 Å². The third-order valence-electron chi connectivity index (χ3n) is 4.56. The molecule has 1 aliphatic carbocycles. The van der Waals surface area contributed by atoms with E-state index in [0.29, 0.717) is 5.95 Å². The molecule has 27 heavy (non-hydrogen) atoms. The summed E-state index contributed by atoms with van der Waals surface area (Å²) in [7, 11) is 0. The average Bonchev–Trinajstić information content (AvgIpc) is 3.18. The molecule has 11 heteroatoms. The van der Waals surface area contributed by atoms with Crippen LogP contribution in [0.4, 0.5) is 24.9 Å². The number of nitrogen functional groups attached to an aromatic ring is 1. The van der Waals surface area contributed by atoms with E-state index in [9.17, 15) is 13.2 Å². The first-order chi connectivity index (χ1) is 12.7. The molecular weight excluding hydrogens is 383 g/mol. The summed E-state index contributed by atoms with van der Waals surface area (Å²) < 4.78 is 32.9. The predicted octanol–water partition coefficient (Wildman–Crippen LogP) is 2.32. The van der Waals surface area contributed by atoms with Gasteiger partial charge in [0.15, 0.2) is 5.82 Å². The molecule has 0 radical (unpaired) electrons. The fourth-order valence-corrected chi connectivity index (χ4v) is 4.66. The quantitative estimate of drug-likeness (QED) is 0.669. The molecule has 0 amide bonds. The zero-order valence-electron chi connectivity index (χ0n) is 14.4. The first kappa shape index (κ1) is 19.6. The van der Waals surface area contributed by atoms with Gasteiger partial charge >= 0.3 is 12.1 Å². The molecule has 4 rings (SSSR count). The van der Waals surface area contributed by atoms with Gasteiger partial charge in [0.1, 0.15) is 0 Å². The third kappa shape index (κ3) is 4.24. The molecule has 0 saturated carbocycles.